The fourth-order valence-corrected chi connectivity index (χ4v) is 4.19. The SMILES string of the molecule is CCS(=O)(=O)Nc1ccc(-c2n[nH]c(Nc3cc(C(F)(F)F)ccn3)c2C(N)=O)cc1OCc1ccc(F)cc1. The van der Waals surface area contributed by atoms with Crippen molar-refractivity contribution < 1.29 is 35.5 Å². The molecule has 4 aromatic rings. The van der Waals surface area contributed by atoms with E-state index >= 15 is 0 Å². The van der Waals surface area contributed by atoms with Crippen molar-refractivity contribution in [1.29, 1.82) is 0 Å². The van der Waals surface area contributed by atoms with Crippen molar-refractivity contribution in [2.45, 2.75) is 19.7 Å². The molecule has 1 amide bonds. The fourth-order valence-electron chi connectivity index (χ4n) is 3.54. The number of amides is 1. The third-order valence-corrected chi connectivity index (χ3v) is 6.85. The fraction of sp³-hybridized carbons (Fsp3) is 0.160. The number of aromatic amines is 1. The van der Waals surface area contributed by atoms with Gasteiger partial charge in [-0.05, 0) is 48.9 Å². The van der Waals surface area contributed by atoms with Gasteiger partial charge in [0.05, 0.1) is 17.0 Å². The monoisotopic (exact) mass is 578 g/mol. The molecule has 0 fully saturated rings. The highest BCUT2D eigenvalue weighted by Gasteiger charge is 2.31. The molecule has 2 aromatic heterocycles. The summed E-state index contributed by atoms with van der Waals surface area (Å²) in [5.74, 6) is -1.88. The highest BCUT2D eigenvalue weighted by molar-refractivity contribution is 7.92. The molecule has 10 nitrogen and oxygen atoms in total. The molecule has 0 atom stereocenters. The van der Waals surface area contributed by atoms with Gasteiger partial charge in [-0.15, -0.1) is 0 Å². The van der Waals surface area contributed by atoms with Gasteiger partial charge >= 0.3 is 6.18 Å². The largest absolute Gasteiger partial charge is 0.487 e. The summed E-state index contributed by atoms with van der Waals surface area (Å²) in [6, 6.07) is 11.3. The lowest BCUT2D eigenvalue weighted by Crippen LogP contribution is -2.15. The van der Waals surface area contributed by atoms with Crippen LogP contribution in [0.15, 0.2) is 60.8 Å². The van der Waals surface area contributed by atoms with Crippen molar-refractivity contribution in [2.75, 3.05) is 15.8 Å². The molecule has 2 heterocycles. The Labute approximate surface area is 225 Å². The van der Waals surface area contributed by atoms with Crippen LogP contribution in [0.3, 0.4) is 0 Å². The van der Waals surface area contributed by atoms with E-state index in [0.29, 0.717) is 5.56 Å². The minimum Gasteiger partial charge on any atom is -0.487 e. The van der Waals surface area contributed by atoms with Crippen LogP contribution in [0.2, 0.25) is 0 Å². The van der Waals surface area contributed by atoms with Crippen LogP contribution in [0.4, 0.5) is 34.9 Å². The number of H-pyrrole nitrogens is 1. The standard InChI is InChI=1S/C25H22F4N6O4S/c1-2-40(37,38)35-18-8-5-15(11-19(18)39-13-14-3-6-17(26)7-4-14)22-21(23(30)36)24(34-33-22)32-20-12-16(9-10-31-20)25(27,28)29/h3-12,35H,2,13H2,1H3,(H2,30,36)(H2,31,32,33,34). The summed E-state index contributed by atoms with van der Waals surface area (Å²) in [6.07, 6.45) is -3.66. The Balaban J connectivity index is 1.71. The van der Waals surface area contributed by atoms with E-state index in [1.54, 1.807) is 0 Å². The highest BCUT2D eigenvalue weighted by Crippen LogP contribution is 2.36. The predicted molar refractivity (Wildman–Crippen MR) is 139 cm³/mol. The molecule has 0 saturated carbocycles. The van der Waals surface area contributed by atoms with Gasteiger partial charge in [0.1, 0.15) is 41.1 Å². The van der Waals surface area contributed by atoms with Crippen molar-refractivity contribution in [2.24, 2.45) is 5.73 Å². The predicted octanol–water partition coefficient (Wildman–Crippen LogP) is 4.81. The second kappa shape index (κ2) is 11.2. The summed E-state index contributed by atoms with van der Waals surface area (Å²) in [7, 11) is -3.70. The summed E-state index contributed by atoms with van der Waals surface area (Å²) < 4.78 is 85.3. The van der Waals surface area contributed by atoms with Crippen LogP contribution < -0.4 is 20.5 Å². The molecule has 0 saturated heterocycles. The zero-order valence-electron chi connectivity index (χ0n) is 20.7. The van der Waals surface area contributed by atoms with Crippen LogP contribution in [-0.2, 0) is 22.8 Å². The molecule has 0 aliphatic carbocycles. The normalized spacial score (nSPS) is 11.7. The second-order valence-corrected chi connectivity index (χ2v) is 10.4. The number of carbonyl (C=O) groups is 1. The first-order valence-electron chi connectivity index (χ1n) is 11.6. The van der Waals surface area contributed by atoms with E-state index < -0.39 is 33.5 Å². The third kappa shape index (κ3) is 6.66. The number of benzene rings is 2. The number of hydrogen-bond donors (Lipinski definition) is 4. The van der Waals surface area contributed by atoms with Gasteiger partial charge < -0.3 is 15.8 Å². The Bertz CT molecular complexity index is 1640. The van der Waals surface area contributed by atoms with Crippen LogP contribution >= 0.6 is 0 Å². The van der Waals surface area contributed by atoms with Gasteiger partial charge in [0, 0.05) is 11.8 Å². The van der Waals surface area contributed by atoms with E-state index in [1.807, 2.05) is 0 Å². The molecule has 0 spiro atoms. The number of pyridine rings is 1. The number of hydrogen-bond acceptors (Lipinski definition) is 7. The van der Waals surface area contributed by atoms with Gasteiger partial charge in [0.2, 0.25) is 10.0 Å². The van der Waals surface area contributed by atoms with E-state index in [0.717, 1.165) is 18.3 Å². The van der Waals surface area contributed by atoms with E-state index in [2.05, 4.69) is 25.2 Å². The number of carbonyl (C=O) groups excluding carboxylic acids is 1. The summed E-state index contributed by atoms with van der Waals surface area (Å²) in [6.45, 7) is 1.40. The van der Waals surface area contributed by atoms with Crippen molar-refractivity contribution in [3.05, 3.63) is 83.3 Å². The number of aromatic nitrogens is 3. The van der Waals surface area contributed by atoms with Gasteiger partial charge in [-0.25, -0.2) is 17.8 Å². The lowest BCUT2D eigenvalue weighted by atomic mass is 10.1. The van der Waals surface area contributed by atoms with Gasteiger partial charge in [0.15, 0.2) is 0 Å². The number of ether oxygens (including phenoxy) is 1. The second-order valence-electron chi connectivity index (χ2n) is 8.37. The topological polar surface area (TPSA) is 152 Å². The molecule has 0 aliphatic rings. The molecule has 4 rings (SSSR count). The number of nitrogens with two attached hydrogens (primary N) is 1. The Kier molecular flexibility index (Phi) is 7.95. The number of nitrogens with one attached hydrogen (secondary N) is 3. The lowest BCUT2D eigenvalue weighted by Gasteiger charge is -2.15. The maximum Gasteiger partial charge on any atom is 0.416 e. The molecule has 0 bridgehead atoms. The molecule has 40 heavy (non-hydrogen) atoms. The van der Waals surface area contributed by atoms with E-state index in [-0.39, 0.29) is 52.3 Å². The molecule has 0 unspecified atom stereocenters. The Morgan fingerprint density at radius 1 is 1.10 bits per heavy atom. The Morgan fingerprint density at radius 3 is 2.48 bits per heavy atom. The summed E-state index contributed by atoms with van der Waals surface area (Å²) in [5, 5.41) is 9.21. The summed E-state index contributed by atoms with van der Waals surface area (Å²) in [4.78, 5) is 16.2. The maximum atomic E-state index is 13.3. The van der Waals surface area contributed by atoms with Crippen LogP contribution in [0.5, 0.6) is 5.75 Å². The molecule has 0 aliphatic heterocycles. The smallest absolute Gasteiger partial charge is 0.416 e. The molecule has 0 radical (unpaired) electrons. The first-order chi connectivity index (χ1) is 18.9. The Morgan fingerprint density at radius 2 is 1.82 bits per heavy atom. The first kappa shape index (κ1) is 28.4. The molecule has 5 N–H and O–H groups in total. The number of primary amides is 1. The van der Waals surface area contributed by atoms with Crippen molar-refractivity contribution in [1.82, 2.24) is 15.2 Å². The van der Waals surface area contributed by atoms with Crippen LogP contribution in [0.25, 0.3) is 11.3 Å². The average Bonchev–Trinajstić information content (AvgIpc) is 3.32. The zero-order valence-corrected chi connectivity index (χ0v) is 21.5. The van der Waals surface area contributed by atoms with Gasteiger partial charge in [0.25, 0.3) is 5.91 Å². The maximum absolute atomic E-state index is 13.3. The van der Waals surface area contributed by atoms with E-state index in [1.165, 1.54) is 49.4 Å². The Hall–Kier alpha value is -4.66. The van der Waals surface area contributed by atoms with Crippen molar-refractivity contribution in [3.63, 3.8) is 0 Å². The molecular formula is C25H22F4N6O4S. The average molecular weight is 579 g/mol. The van der Waals surface area contributed by atoms with Crippen molar-refractivity contribution >= 4 is 33.3 Å². The number of rotatable bonds is 10. The molecule has 2 aromatic carbocycles. The van der Waals surface area contributed by atoms with Crippen molar-refractivity contribution in [3.8, 4) is 17.0 Å². The number of sulfonamides is 1. The van der Waals surface area contributed by atoms with E-state index in [9.17, 15) is 30.8 Å². The van der Waals surface area contributed by atoms with E-state index in [4.69, 9.17) is 10.5 Å². The third-order valence-electron chi connectivity index (χ3n) is 5.56. The molecular weight excluding hydrogens is 556 g/mol. The first-order valence-corrected chi connectivity index (χ1v) is 13.2. The van der Waals surface area contributed by atoms with Gasteiger partial charge in [-0.2, -0.15) is 18.3 Å². The zero-order chi connectivity index (χ0) is 29.1. The summed E-state index contributed by atoms with van der Waals surface area (Å²) in [5.41, 5.74) is 5.39. The van der Waals surface area contributed by atoms with Crippen LogP contribution in [0, 0.1) is 5.82 Å². The number of halogens is 4. The highest BCUT2D eigenvalue weighted by atomic mass is 32.2. The number of nitrogens with zero attached hydrogens (tertiary/aromatic N) is 2. The minimum absolute atomic E-state index is 0.0125. The lowest BCUT2D eigenvalue weighted by molar-refractivity contribution is -0.137. The van der Waals surface area contributed by atoms with Crippen LogP contribution in [-0.4, -0.2) is 35.3 Å². The molecule has 210 valence electrons. The number of alkyl halides is 3. The van der Waals surface area contributed by atoms with Crippen LogP contribution in [0.1, 0.15) is 28.4 Å². The van der Waals surface area contributed by atoms with Gasteiger partial charge in [-0.1, -0.05) is 18.2 Å². The number of anilines is 3. The molecule has 15 heteroatoms. The van der Waals surface area contributed by atoms with Gasteiger partial charge in [-0.3, -0.25) is 14.6 Å². The summed E-state index contributed by atoms with van der Waals surface area (Å²) >= 11 is 0. The quantitative estimate of drug-likeness (QED) is 0.197. The minimum atomic E-state index is -4.61.